The highest BCUT2D eigenvalue weighted by atomic mass is 16.2. The number of carbonyl (C=O) groups is 2. The quantitative estimate of drug-likeness (QED) is 0.329. The van der Waals surface area contributed by atoms with Crippen LogP contribution in [0.4, 0.5) is 17.2 Å². The van der Waals surface area contributed by atoms with E-state index in [-0.39, 0.29) is 29.6 Å². The molecule has 3 aliphatic rings. The second-order valence-electron chi connectivity index (χ2n) is 12.1. The van der Waals surface area contributed by atoms with Crippen LogP contribution in [0.1, 0.15) is 68.3 Å². The summed E-state index contributed by atoms with van der Waals surface area (Å²) in [5, 5.41) is 9.73. The van der Waals surface area contributed by atoms with Gasteiger partial charge in [0.1, 0.15) is 11.6 Å². The minimum atomic E-state index is -0.309. The van der Waals surface area contributed by atoms with E-state index in [1.54, 1.807) is 6.20 Å². The summed E-state index contributed by atoms with van der Waals surface area (Å²) in [4.78, 5) is 47.9. The number of amides is 2. The number of anilines is 3. The first-order valence-electron chi connectivity index (χ1n) is 15.8. The molecular formula is C32H43N9O2. The molecule has 0 spiro atoms. The van der Waals surface area contributed by atoms with Gasteiger partial charge < -0.3 is 30.7 Å². The monoisotopic (exact) mass is 585 g/mol. The van der Waals surface area contributed by atoms with Gasteiger partial charge in [-0.2, -0.15) is 0 Å². The van der Waals surface area contributed by atoms with Crippen molar-refractivity contribution in [1.82, 2.24) is 30.6 Å². The fourth-order valence-electron chi connectivity index (χ4n) is 6.55. The number of carbonyl (C=O) groups excluding carboxylic acids is 2. The average molecular weight is 586 g/mol. The van der Waals surface area contributed by atoms with Gasteiger partial charge >= 0.3 is 0 Å². The van der Waals surface area contributed by atoms with Crippen molar-refractivity contribution in [2.45, 2.75) is 70.9 Å². The van der Waals surface area contributed by atoms with Crippen LogP contribution in [0.25, 0.3) is 11.4 Å². The number of para-hydroxylation sites is 2. The highest BCUT2D eigenvalue weighted by molar-refractivity contribution is 6.04. The standard InChI is InChI=1S/C32H43N9O2/c1-21-12-13-23(31(42)37-24-8-4-3-5-9-24)20-41(21)29-18-26(35-22(2)36-29)27-19-34-30(38-27)32(43)39-25-10-6-7-11-28(25)40-16-14-33-15-17-40/h6-7,10-11,18-19,21,23-24,33H,3-5,8-9,12-17,20H2,1-2H3,(H,34,38)(H,37,42)(H,39,43). The zero-order valence-electron chi connectivity index (χ0n) is 25.2. The number of aryl methyl sites for hydroxylation is 1. The first kappa shape index (κ1) is 29.1. The number of hydrogen-bond donors (Lipinski definition) is 4. The molecule has 3 fully saturated rings. The molecule has 1 aromatic carbocycles. The van der Waals surface area contributed by atoms with Crippen LogP contribution in [0.3, 0.4) is 0 Å². The molecular weight excluding hydrogens is 542 g/mol. The van der Waals surface area contributed by atoms with Gasteiger partial charge in [0.2, 0.25) is 5.91 Å². The van der Waals surface area contributed by atoms with E-state index >= 15 is 0 Å². The van der Waals surface area contributed by atoms with Crippen LogP contribution < -0.4 is 25.8 Å². The van der Waals surface area contributed by atoms with Crippen molar-refractivity contribution in [2.24, 2.45) is 5.92 Å². The summed E-state index contributed by atoms with van der Waals surface area (Å²) in [6.45, 7) is 8.26. The maximum Gasteiger partial charge on any atom is 0.291 e. The Balaban J connectivity index is 1.16. The van der Waals surface area contributed by atoms with Crippen molar-refractivity contribution >= 4 is 29.0 Å². The zero-order valence-corrected chi connectivity index (χ0v) is 25.2. The Labute approximate surface area is 253 Å². The van der Waals surface area contributed by atoms with Crippen molar-refractivity contribution < 1.29 is 9.59 Å². The van der Waals surface area contributed by atoms with Gasteiger partial charge in [0, 0.05) is 50.9 Å². The number of piperidine rings is 1. The van der Waals surface area contributed by atoms with Crippen LogP contribution in [0.2, 0.25) is 0 Å². The minimum Gasteiger partial charge on any atom is -0.367 e. The number of H-pyrrole nitrogens is 1. The van der Waals surface area contributed by atoms with Crippen LogP contribution >= 0.6 is 0 Å². The van der Waals surface area contributed by atoms with Crippen molar-refractivity contribution in [3.63, 3.8) is 0 Å². The van der Waals surface area contributed by atoms with Gasteiger partial charge in [0.25, 0.3) is 5.91 Å². The number of nitrogens with zero attached hydrogens (tertiary/aromatic N) is 5. The number of benzene rings is 1. The van der Waals surface area contributed by atoms with Gasteiger partial charge in [-0.15, -0.1) is 0 Å². The third-order valence-electron chi connectivity index (χ3n) is 9.00. The Kier molecular flexibility index (Phi) is 8.87. The lowest BCUT2D eigenvalue weighted by molar-refractivity contribution is -0.126. The van der Waals surface area contributed by atoms with E-state index in [9.17, 15) is 9.59 Å². The number of aromatic nitrogens is 4. The Morgan fingerprint density at radius 3 is 2.60 bits per heavy atom. The van der Waals surface area contributed by atoms with E-state index < -0.39 is 0 Å². The smallest absolute Gasteiger partial charge is 0.291 e. The summed E-state index contributed by atoms with van der Waals surface area (Å²) < 4.78 is 0. The first-order chi connectivity index (χ1) is 20.9. The molecule has 2 aliphatic heterocycles. The predicted molar refractivity (Wildman–Crippen MR) is 168 cm³/mol. The Bertz CT molecular complexity index is 1430. The van der Waals surface area contributed by atoms with Crippen LogP contribution in [-0.4, -0.2) is 76.6 Å². The van der Waals surface area contributed by atoms with E-state index in [2.05, 4.69) is 47.6 Å². The zero-order chi connectivity index (χ0) is 29.8. The molecule has 6 rings (SSSR count). The first-order valence-corrected chi connectivity index (χ1v) is 15.8. The summed E-state index contributed by atoms with van der Waals surface area (Å²) in [7, 11) is 0. The van der Waals surface area contributed by atoms with E-state index in [4.69, 9.17) is 4.98 Å². The molecule has 2 unspecified atom stereocenters. The number of piperazine rings is 1. The molecule has 4 heterocycles. The highest BCUT2D eigenvalue weighted by Crippen LogP contribution is 2.30. The molecule has 228 valence electrons. The lowest BCUT2D eigenvalue weighted by Gasteiger charge is -2.39. The van der Waals surface area contributed by atoms with Crippen LogP contribution in [0.5, 0.6) is 0 Å². The topological polar surface area (TPSA) is 131 Å². The van der Waals surface area contributed by atoms with Gasteiger partial charge in [-0.05, 0) is 51.7 Å². The van der Waals surface area contributed by atoms with Crippen LogP contribution in [0, 0.1) is 12.8 Å². The van der Waals surface area contributed by atoms with Gasteiger partial charge in [-0.3, -0.25) is 9.59 Å². The molecule has 11 nitrogen and oxygen atoms in total. The second-order valence-corrected chi connectivity index (χ2v) is 12.1. The minimum absolute atomic E-state index is 0.0663. The Morgan fingerprint density at radius 2 is 1.79 bits per heavy atom. The Morgan fingerprint density at radius 1 is 1.00 bits per heavy atom. The fourth-order valence-corrected chi connectivity index (χ4v) is 6.55. The molecule has 0 radical (unpaired) electrons. The van der Waals surface area contributed by atoms with E-state index in [0.29, 0.717) is 29.8 Å². The Hall–Kier alpha value is -3.99. The van der Waals surface area contributed by atoms with Crippen molar-refractivity contribution in [3.8, 4) is 11.4 Å². The average Bonchev–Trinajstić information content (AvgIpc) is 3.53. The number of nitrogens with one attached hydrogen (secondary N) is 4. The molecule has 2 aromatic heterocycles. The van der Waals surface area contributed by atoms with Gasteiger partial charge in [0.05, 0.1) is 34.9 Å². The maximum atomic E-state index is 13.2. The summed E-state index contributed by atoms with van der Waals surface area (Å²) in [6.07, 6.45) is 9.27. The van der Waals surface area contributed by atoms with Crippen LogP contribution in [0.15, 0.2) is 36.5 Å². The molecule has 43 heavy (non-hydrogen) atoms. The third-order valence-corrected chi connectivity index (χ3v) is 9.00. The lowest BCUT2D eigenvalue weighted by Crippen LogP contribution is -2.49. The van der Waals surface area contributed by atoms with E-state index in [1.165, 1.54) is 19.3 Å². The van der Waals surface area contributed by atoms with Gasteiger partial charge in [-0.1, -0.05) is 31.4 Å². The molecule has 2 amide bonds. The molecule has 0 bridgehead atoms. The summed E-state index contributed by atoms with van der Waals surface area (Å²) in [5.74, 6) is 1.42. The molecule has 11 heteroatoms. The van der Waals surface area contributed by atoms with Crippen molar-refractivity contribution in [2.75, 3.05) is 47.8 Å². The van der Waals surface area contributed by atoms with Crippen molar-refractivity contribution in [3.05, 3.63) is 48.2 Å². The fraction of sp³-hybridized carbons (Fsp3) is 0.531. The summed E-state index contributed by atoms with van der Waals surface area (Å²) in [5.41, 5.74) is 3.06. The SMILES string of the molecule is Cc1nc(-c2cnc(C(=O)Nc3ccccc3N3CCNCC3)[nH]2)cc(N2CC(C(=O)NC3CCCCC3)CCC2C)n1. The van der Waals surface area contributed by atoms with Crippen LogP contribution in [-0.2, 0) is 4.79 Å². The number of aromatic amines is 1. The molecule has 2 atom stereocenters. The van der Waals surface area contributed by atoms with E-state index in [1.807, 2.05) is 37.3 Å². The maximum absolute atomic E-state index is 13.2. The van der Waals surface area contributed by atoms with Gasteiger partial charge in [0.15, 0.2) is 5.82 Å². The molecule has 4 N–H and O–H groups in total. The summed E-state index contributed by atoms with van der Waals surface area (Å²) in [6, 6.07) is 10.4. The number of hydrogen-bond acceptors (Lipinski definition) is 8. The van der Waals surface area contributed by atoms with Crippen molar-refractivity contribution in [1.29, 1.82) is 0 Å². The number of imidazole rings is 1. The molecule has 3 aromatic rings. The second kappa shape index (κ2) is 13.1. The molecule has 2 saturated heterocycles. The number of rotatable bonds is 7. The third kappa shape index (κ3) is 6.82. The van der Waals surface area contributed by atoms with E-state index in [0.717, 1.165) is 69.1 Å². The molecule has 1 aliphatic carbocycles. The predicted octanol–water partition coefficient (Wildman–Crippen LogP) is 3.89. The summed E-state index contributed by atoms with van der Waals surface area (Å²) >= 11 is 0. The largest absolute Gasteiger partial charge is 0.367 e. The molecule has 1 saturated carbocycles. The highest BCUT2D eigenvalue weighted by Gasteiger charge is 2.32. The van der Waals surface area contributed by atoms with Gasteiger partial charge in [-0.25, -0.2) is 15.0 Å². The lowest BCUT2D eigenvalue weighted by atomic mass is 9.91. The normalized spacial score (nSPS) is 21.4.